The summed E-state index contributed by atoms with van der Waals surface area (Å²) in [5.41, 5.74) is 1.11. The van der Waals surface area contributed by atoms with E-state index in [1.54, 1.807) is 12.1 Å². The average molecular weight is 391 g/mol. The number of rotatable bonds is 15. The first-order valence-electron chi connectivity index (χ1n) is 10.1. The van der Waals surface area contributed by atoms with Crippen molar-refractivity contribution in [3.63, 3.8) is 0 Å². The van der Waals surface area contributed by atoms with Crippen LogP contribution in [0.1, 0.15) is 96.0 Å². The Kier molecular flexibility index (Phi) is 16.2. The van der Waals surface area contributed by atoms with E-state index in [1.807, 2.05) is 0 Å². The molecule has 0 unspecified atom stereocenters. The van der Waals surface area contributed by atoms with Gasteiger partial charge in [-0.25, -0.2) is 8.42 Å². The van der Waals surface area contributed by atoms with E-state index in [2.05, 4.69) is 6.92 Å². The summed E-state index contributed by atoms with van der Waals surface area (Å²) in [7, 11) is -4.32. The van der Waals surface area contributed by atoms with Gasteiger partial charge in [0.25, 0.3) is 0 Å². The molecule has 0 aliphatic carbocycles. The molecule has 0 amide bonds. The maximum Gasteiger partial charge on any atom is 1.00 e. The summed E-state index contributed by atoms with van der Waals surface area (Å²) < 4.78 is 32.6. The molecule has 0 N–H and O–H groups in total. The molecular formula is C21H35NaO3S. The van der Waals surface area contributed by atoms with Crippen LogP contribution < -0.4 is 29.6 Å². The Hall–Kier alpha value is 0.130. The first-order valence-corrected chi connectivity index (χ1v) is 11.5. The minimum absolute atomic E-state index is 0. The predicted octanol–water partition coefficient (Wildman–Crippen LogP) is 3.23. The van der Waals surface area contributed by atoms with Crippen molar-refractivity contribution < 1.29 is 42.5 Å². The minimum Gasteiger partial charge on any atom is -0.744 e. The van der Waals surface area contributed by atoms with Crippen molar-refractivity contribution in [3.05, 3.63) is 29.8 Å². The monoisotopic (exact) mass is 390 g/mol. The molecule has 0 aromatic heterocycles. The molecule has 1 aromatic carbocycles. The van der Waals surface area contributed by atoms with Crippen LogP contribution in [0.15, 0.2) is 29.2 Å². The van der Waals surface area contributed by atoms with Crippen LogP contribution in [0.25, 0.3) is 0 Å². The average Bonchev–Trinajstić information content (AvgIpc) is 2.58. The molecule has 26 heavy (non-hydrogen) atoms. The van der Waals surface area contributed by atoms with Gasteiger partial charge in [0, 0.05) is 0 Å². The van der Waals surface area contributed by atoms with Crippen LogP contribution in [-0.2, 0) is 16.5 Å². The zero-order valence-electron chi connectivity index (χ0n) is 16.8. The van der Waals surface area contributed by atoms with Gasteiger partial charge in [-0.2, -0.15) is 0 Å². The van der Waals surface area contributed by atoms with Crippen LogP contribution in [0.4, 0.5) is 0 Å². The van der Waals surface area contributed by atoms with Gasteiger partial charge >= 0.3 is 29.6 Å². The molecule has 0 aliphatic rings. The van der Waals surface area contributed by atoms with Crippen molar-refractivity contribution in [2.24, 2.45) is 0 Å². The van der Waals surface area contributed by atoms with Gasteiger partial charge in [-0.1, -0.05) is 96.1 Å². The van der Waals surface area contributed by atoms with Crippen molar-refractivity contribution in [2.45, 2.75) is 102 Å². The number of benzene rings is 1. The fraction of sp³-hybridized carbons (Fsp3) is 0.714. The van der Waals surface area contributed by atoms with E-state index in [0.717, 1.165) is 18.4 Å². The van der Waals surface area contributed by atoms with Crippen LogP contribution in [-0.4, -0.2) is 13.0 Å². The van der Waals surface area contributed by atoms with Crippen molar-refractivity contribution in [3.8, 4) is 0 Å². The third-order valence-corrected chi connectivity index (χ3v) is 5.63. The van der Waals surface area contributed by atoms with Crippen molar-refractivity contribution in [1.82, 2.24) is 0 Å². The molecule has 0 saturated carbocycles. The summed E-state index contributed by atoms with van der Waals surface area (Å²) in [6.45, 7) is 2.26. The third-order valence-electron chi connectivity index (χ3n) is 4.78. The molecule has 0 saturated heterocycles. The van der Waals surface area contributed by atoms with E-state index >= 15 is 0 Å². The van der Waals surface area contributed by atoms with Gasteiger partial charge < -0.3 is 4.55 Å². The molecule has 144 valence electrons. The number of hydrogen-bond acceptors (Lipinski definition) is 3. The van der Waals surface area contributed by atoms with Gasteiger partial charge in [0.1, 0.15) is 10.1 Å². The summed E-state index contributed by atoms with van der Waals surface area (Å²) in [6.07, 6.45) is 18.4. The Morgan fingerprint density at radius 2 is 1.08 bits per heavy atom. The first kappa shape index (κ1) is 26.1. The predicted molar refractivity (Wildman–Crippen MR) is 104 cm³/mol. The third kappa shape index (κ3) is 13.3. The van der Waals surface area contributed by atoms with Gasteiger partial charge in [-0.05, 0) is 30.5 Å². The maximum absolute atomic E-state index is 10.9. The zero-order valence-corrected chi connectivity index (χ0v) is 19.7. The molecule has 0 bridgehead atoms. The molecule has 0 radical (unpaired) electrons. The molecule has 0 spiro atoms. The molecule has 0 atom stereocenters. The molecule has 1 rings (SSSR count). The van der Waals surface area contributed by atoms with E-state index in [0.29, 0.717) is 0 Å². The number of hydrogen-bond donors (Lipinski definition) is 0. The van der Waals surface area contributed by atoms with Gasteiger partial charge in [0.15, 0.2) is 0 Å². The van der Waals surface area contributed by atoms with E-state index in [-0.39, 0.29) is 34.5 Å². The Morgan fingerprint density at radius 1 is 0.692 bits per heavy atom. The summed E-state index contributed by atoms with van der Waals surface area (Å²) in [5, 5.41) is 0. The number of aryl methyl sites for hydroxylation is 1. The Balaban J connectivity index is 0.00000625. The molecule has 0 heterocycles. The second kappa shape index (κ2) is 16.1. The molecule has 1 aromatic rings. The number of unbranched alkanes of at least 4 members (excludes halogenated alkanes) is 12. The fourth-order valence-corrected chi connectivity index (χ4v) is 3.64. The van der Waals surface area contributed by atoms with Crippen LogP contribution in [0.3, 0.4) is 0 Å². The van der Waals surface area contributed by atoms with Crippen LogP contribution in [0.5, 0.6) is 0 Å². The minimum atomic E-state index is -4.32. The second-order valence-electron chi connectivity index (χ2n) is 7.09. The standard InChI is InChI=1S/C21H36O3S.Na/c1-2-3-4-5-6-7-8-9-10-11-12-13-14-15-20-16-18-21(19-17-20)25(22,23)24;/h16-19H,2-15H2,1H3,(H,22,23,24);/q;+1/p-1. The normalized spacial score (nSPS) is 11.3. The van der Waals surface area contributed by atoms with Gasteiger partial charge in [0.2, 0.25) is 0 Å². The summed E-state index contributed by atoms with van der Waals surface area (Å²) in [4.78, 5) is -0.137. The van der Waals surface area contributed by atoms with E-state index < -0.39 is 10.1 Å². The summed E-state index contributed by atoms with van der Waals surface area (Å²) in [6, 6.07) is 6.34. The topological polar surface area (TPSA) is 57.2 Å². The fourth-order valence-electron chi connectivity index (χ4n) is 3.17. The molecule has 5 heteroatoms. The molecule has 0 fully saturated rings. The Morgan fingerprint density at radius 3 is 1.46 bits per heavy atom. The van der Waals surface area contributed by atoms with Crippen molar-refractivity contribution >= 4 is 10.1 Å². The second-order valence-corrected chi connectivity index (χ2v) is 8.47. The van der Waals surface area contributed by atoms with Crippen molar-refractivity contribution in [1.29, 1.82) is 0 Å². The summed E-state index contributed by atoms with van der Waals surface area (Å²) in [5.74, 6) is 0. The largest absolute Gasteiger partial charge is 1.00 e. The van der Waals surface area contributed by atoms with Crippen LogP contribution >= 0.6 is 0 Å². The van der Waals surface area contributed by atoms with Crippen molar-refractivity contribution in [2.75, 3.05) is 0 Å². The van der Waals surface area contributed by atoms with Gasteiger partial charge in [0.05, 0.1) is 4.90 Å². The quantitative estimate of drug-likeness (QED) is 0.262. The molecule has 3 nitrogen and oxygen atoms in total. The first-order chi connectivity index (χ1) is 12.0. The van der Waals surface area contributed by atoms with Crippen LogP contribution in [0.2, 0.25) is 0 Å². The molecule has 0 aliphatic heterocycles. The summed E-state index contributed by atoms with van der Waals surface area (Å²) >= 11 is 0. The van der Waals surface area contributed by atoms with E-state index in [9.17, 15) is 13.0 Å². The van der Waals surface area contributed by atoms with E-state index in [1.165, 1.54) is 89.2 Å². The Labute approximate surface area is 183 Å². The van der Waals surface area contributed by atoms with Gasteiger partial charge in [-0.15, -0.1) is 0 Å². The van der Waals surface area contributed by atoms with E-state index in [4.69, 9.17) is 0 Å². The maximum atomic E-state index is 10.9. The SMILES string of the molecule is CCCCCCCCCCCCCCCc1ccc(S(=O)(=O)[O-])cc1.[Na+]. The zero-order chi connectivity index (χ0) is 18.4. The Bertz CT molecular complexity index is 541. The van der Waals surface area contributed by atoms with Crippen LogP contribution in [0, 0.1) is 0 Å². The molecular weight excluding hydrogens is 355 g/mol. The smallest absolute Gasteiger partial charge is 0.744 e. The van der Waals surface area contributed by atoms with Gasteiger partial charge in [-0.3, -0.25) is 0 Å².